The minimum Gasteiger partial charge on any atom is -0.326 e. The van der Waals surface area contributed by atoms with E-state index in [0.29, 0.717) is 0 Å². The maximum atomic E-state index is 4.67. The number of fused-ring (bicyclic) bond motifs is 1. The summed E-state index contributed by atoms with van der Waals surface area (Å²) in [6.07, 6.45) is 6.15. The van der Waals surface area contributed by atoms with Gasteiger partial charge in [0.05, 0.1) is 0 Å². The Hall–Kier alpha value is -1.31. The summed E-state index contributed by atoms with van der Waals surface area (Å²) in [4.78, 5) is 4.67. The van der Waals surface area contributed by atoms with Gasteiger partial charge in [0, 0.05) is 24.0 Å². The molecule has 0 atom stereocenters. The van der Waals surface area contributed by atoms with Crippen molar-refractivity contribution >= 4 is 11.6 Å². The van der Waals surface area contributed by atoms with Crippen molar-refractivity contribution in [1.82, 2.24) is 4.57 Å². The Morgan fingerprint density at radius 1 is 1.56 bits per heavy atom. The van der Waals surface area contributed by atoms with Crippen molar-refractivity contribution in [2.75, 3.05) is 6.54 Å². The van der Waals surface area contributed by atoms with E-state index >= 15 is 0 Å². The van der Waals surface area contributed by atoms with Gasteiger partial charge in [0.15, 0.2) is 0 Å². The lowest BCUT2D eigenvalue weighted by Crippen LogP contribution is -2.32. The van der Waals surface area contributed by atoms with E-state index in [4.69, 9.17) is 0 Å². The van der Waals surface area contributed by atoms with Crippen LogP contribution in [0.15, 0.2) is 17.6 Å². The van der Waals surface area contributed by atoms with E-state index in [2.05, 4.69) is 35.2 Å². The summed E-state index contributed by atoms with van der Waals surface area (Å²) in [5.74, 6) is 0.881. The summed E-state index contributed by atoms with van der Waals surface area (Å²) in [7, 11) is 0. The minimum absolute atomic E-state index is 0.881. The number of hydrogen-bond donors (Lipinski definition) is 0. The van der Waals surface area contributed by atoms with Crippen LogP contribution >= 0.6 is 0 Å². The SMILES string of the molecule is C=C(C)c1cc2c(n1CC1CC1)=NCCC=2. The van der Waals surface area contributed by atoms with Gasteiger partial charge >= 0.3 is 0 Å². The van der Waals surface area contributed by atoms with E-state index in [0.717, 1.165) is 31.0 Å². The zero-order valence-corrected chi connectivity index (χ0v) is 9.87. The molecule has 84 valence electrons. The standard InChI is InChI=1S/C14H18N2/c1-10(2)13-8-12-4-3-7-15-14(12)16(13)9-11-5-6-11/h4,8,11H,1,3,5-7,9H2,2H3. The first-order valence-electron chi connectivity index (χ1n) is 6.16. The quantitative estimate of drug-likeness (QED) is 0.729. The highest BCUT2D eigenvalue weighted by atomic mass is 15.0. The molecule has 16 heavy (non-hydrogen) atoms. The van der Waals surface area contributed by atoms with Crippen LogP contribution in [0.3, 0.4) is 0 Å². The Morgan fingerprint density at radius 3 is 3.06 bits per heavy atom. The van der Waals surface area contributed by atoms with Gasteiger partial charge in [0.2, 0.25) is 0 Å². The lowest BCUT2D eigenvalue weighted by Gasteiger charge is -2.08. The molecule has 0 saturated heterocycles. The molecule has 1 aliphatic carbocycles. The Bertz CT molecular complexity index is 544. The molecular formula is C14H18N2. The zero-order chi connectivity index (χ0) is 11.1. The summed E-state index contributed by atoms with van der Waals surface area (Å²) in [5.41, 5.74) is 3.62. The molecule has 0 amide bonds. The smallest absolute Gasteiger partial charge is 0.135 e. The highest BCUT2D eigenvalue weighted by molar-refractivity contribution is 5.59. The minimum atomic E-state index is 0.881. The van der Waals surface area contributed by atoms with Crippen LogP contribution in [-0.2, 0) is 6.54 Å². The van der Waals surface area contributed by atoms with Gasteiger partial charge in [-0.2, -0.15) is 0 Å². The van der Waals surface area contributed by atoms with Crippen molar-refractivity contribution in [3.63, 3.8) is 0 Å². The Morgan fingerprint density at radius 2 is 2.38 bits per heavy atom. The first-order valence-corrected chi connectivity index (χ1v) is 6.16. The third-order valence-corrected chi connectivity index (χ3v) is 3.43. The molecule has 1 aromatic rings. The predicted molar refractivity (Wildman–Crippen MR) is 66.6 cm³/mol. The molecular weight excluding hydrogens is 196 g/mol. The van der Waals surface area contributed by atoms with Gasteiger partial charge in [-0.25, -0.2) is 0 Å². The molecule has 0 spiro atoms. The number of hydrogen-bond acceptors (Lipinski definition) is 1. The summed E-state index contributed by atoms with van der Waals surface area (Å²) in [5, 5.41) is 1.31. The molecule has 1 aromatic heterocycles. The van der Waals surface area contributed by atoms with Gasteiger partial charge in [-0.3, -0.25) is 4.99 Å². The fraction of sp³-hybridized carbons (Fsp3) is 0.500. The van der Waals surface area contributed by atoms with E-state index in [-0.39, 0.29) is 0 Å². The number of aromatic nitrogens is 1. The van der Waals surface area contributed by atoms with Crippen LogP contribution in [0.4, 0.5) is 0 Å². The van der Waals surface area contributed by atoms with E-state index in [9.17, 15) is 0 Å². The molecule has 1 saturated carbocycles. The average molecular weight is 214 g/mol. The Balaban J connectivity index is 2.17. The largest absolute Gasteiger partial charge is 0.326 e. The van der Waals surface area contributed by atoms with E-state index in [1.54, 1.807) is 0 Å². The van der Waals surface area contributed by atoms with E-state index in [1.165, 1.54) is 29.2 Å². The van der Waals surface area contributed by atoms with Gasteiger partial charge in [0.1, 0.15) is 5.49 Å². The Labute approximate surface area is 96.0 Å². The average Bonchev–Trinajstić information content (AvgIpc) is 3.00. The van der Waals surface area contributed by atoms with Crippen LogP contribution in [0, 0.1) is 5.92 Å². The van der Waals surface area contributed by atoms with Crippen molar-refractivity contribution < 1.29 is 0 Å². The third-order valence-electron chi connectivity index (χ3n) is 3.43. The topological polar surface area (TPSA) is 17.3 Å². The van der Waals surface area contributed by atoms with Gasteiger partial charge in [-0.1, -0.05) is 12.7 Å². The molecule has 0 unspecified atom stereocenters. The van der Waals surface area contributed by atoms with Gasteiger partial charge in [0.25, 0.3) is 0 Å². The fourth-order valence-corrected chi connectivity index (χ4v) is 2.37. The summed E-state index contributed by atoms with van der Waals surface area (Å²) in [6.45, 7) is 8.24. The summed E-state index contributed by atoms with van der Waals surface area (Å²) < 4.78 is 2.38. The second kappa shape index (κ2) is 3.62. The molecule has 0 bridgehead atoms. The molecule has 2 heteroatoms. The Kier molecular flexibility index (Phi) is 2.23. The van der Waals surface area contributed by atoms with E-state index in [1.807, 2.05) is 0 Å². The highest BCUT2D eigenvalue weighted by Gasteiger charge is 2.23. The van der Waals surface area contributed by atoms with Crippen LogP contribution in [0.2, 0.25) is 0 Å². The van der Waals surface area contributed by atoms with Crippen LogP contribution in [0.1, 0.15) is 31.9 Å². The molecule has 1 aliphatic heterocycles. The van der Waals surface area contributed by atoms with Crippen molar-refractivity contribution in [3.8, 4) is 0 Å². The monoisotopic (exact) mass is 214 g/mol. The van der Waals surface area contributed by atoms with Gasteiger partial charge in [-0.15, -0.1) is 0 Å². The highest BCUT2D eigenvalue weighted by Crippen LogP contribution is 2.30. The second-order valence-corrected chi connectivity index (χ2v) is 5.02. The van der Waals surface area contributed by atoms with Crippen LogP contribution in [0.5, 0.6) is 0 Å². The molecule has 2 heterocycles. The maximum Gasteiger partial charge on any atom is 0.135 e. The third kappa shape index (κ3) is 1.62. The molecule has 2 nitrogen and oxygen atoms in total. The van der Waals surface area contributed by atoms with E-state index < -0.39 is 0 Å². The van der Waals surface area contributed by atoms with Crippen LogP contribution in [-0.4, -0.2) is 11.1 Å². The molecule has 0 N–H and O–H groups in total. The molecule has 0 radical (unpaired) electrons. The number of rotatable bonds is 3. The number of nitrogens with zero attached hydrogens (tertiary/aromatic N) is 2. The van der Waals surface area contributed by atoms with Crippen molar-refractivity contribution in [1.29, 1.82) is 0 Å². The van der Waals surface area contributed by atoms with Crippen molar-refractivity contribution in [2.45, 2.75) is 32.7 Å². The molecule has 2 aliphatic rings. The van der Waals surface area contributed by atoms with Crippen molar-refractivity contribution in [3.05, 3.63) is 29.0 Å². The molecule has 0 aromatic carbocycles. The van der Waals surface area contributed by atoms with Gasteiger partial charge < -0.3 is 4.57 Å². The lowest BCUT2D eigenvalue weighted by molar-refractivity contribution is 0.595. The zero-order valence-electron chi connectivity index (χ0n) is 9.87. The van der Waals surface area contributed by atoms with Crippen LogP contribution in [0.25, 0.3) is 11.6 Å². The predicted octanol–water partition coefficient (Wildman–Crippen LogP) is 1.74. The molecule has 3 rings (SSSR count). The number of allylic oxidation sites excluding steroid dienone is 1. The lowest BCUT2D eigenvalue weighted by atomic mass is 10.2. The first kappa shape index (κ1) is 9.88. The fourth-order valence-electron chi connectivity index (χ4n) is 2.37. The second-order valence-electron chi connectivity index (χ2n) is 5.02. The summed E-state index contributed by atoms with van der Waals surface area (Å²) >= 11 is 0. The van der Waals surface area contributed by atoms with Crippen LogP contribution < -0.4 is 10.7 Å². The van der Waals surface area contributed by atoms with Crippen molar-refractivity contribution in [2.24, 2.45) is 10.9 Å². The summed E-state index contributed by atoms with van der Waals surface area (Å²) in [6, 6.07) is 2.25. The molecule has 1 fully saturated rings. The maximum absolute atomic E-state index is 4.67. The normalized spacial score (nSPS) is 18.6. The first-order chi connectivity index (χ1) is 7.75. The van der Waals surface area contributed by atoms with Gasteiger partial charge in [-0.05, 0) is 43.7 Å².